The van der Waals surface area contributed by atoms with Crippen LogP contribution in [-0.2, 0) is 4.79 Å². The number of aliphatic hydroxyl groups excluding tert-OH is 1. The summed E-state index contributed by atoms with van der Waals surface area (Å²) in [6.45, 7) is 2.41. The molecule has 0 aromatic carbocycles. The minimum Gasteiger partial charge on any atom is -1.00 e. The van der Waals surface area contributed by atoms with Gasteiger partial charge in [0.15, 0.2) is 0 Å². The van der Waals surface area contributed by atoms with Crippen LogP contribution in [0.2, 0.25) is 0 Å². The maximum Gasteiger partial charge on any atom is 1.00 e. The molecule has 4 nitrogen and oxygen atoms in total. The molecule has 0 bridgehead atoms. The first-order valence-corrected chi connectivity index (χ1v) is 2.82. The molecule has 0 radical (unpaired) electrons. The van der Waals surface area contributed by atoms with E-state index in [1.165, 1.54) is 0 Å². The van der Waals surface area contributed by atoms with Gasteiger partial charge in [-0.05, 0) is 13.0 Å². The molecular weight excluding hydrogens is 145 g/mol. The maximum atomic E-state index is 9.89. The topological polar surface area (TPSA) is 69.6 Å². The van der Waals surface area contributed by atoms with E-state index in [-0.39, 0.29) is 31.0 Å². The average molecular weight is 157 g/mol. The molecule has 0 spiro atoms. The van der Waals surface area contributed by atoms with Crippen molar-refractivity contribution >= 4 is 5.97 Å². The molecule has 0 aromatic heterocycles. The smallest absolute Gasteiger partial charge is 1.00 e. The van der Waals surface area contributed by atoms with E-state index in [0.29, 0.717) is 6.54 Å². The Morgan fingerprint density at radius 1 is 1.80 bits per heavy atom. The Bertz CT molecular complexity index is 104. The quantitative estimate of drug-likeness (QED) is 0.292. The summed E-state index contributed by atoms with van der Waals surface area (Å²) < 4.78 is 0. The van der Waals surface area contributed by atoms with E-state index in [1.54, 1.807) is 0 Å². The van der Waals surface area contributed by atoms with E-state index in [9.17, 15) is 4.79 Å². The third-order valence-corrected chi connectivity index (χ3v) is 0.822. The molecule has 0 saturated carbocycles. The molecule has 0 aromatic rings. The van der Waals surface area contributed by atoms with Crippen molar-refractivity contribution in [2.45, 2.75) is 19.6 Å². The van der Waals surface area contributed by atoms with Gasteiger partial charge in [0.2, 0.25) is 6.23 Å². The summed E-state index contributed by atoms with van der Waals surface area (Å²) in [5.74, 6) is -1.23. The number of carboxylic acid groups (broad SMARTS) is 1. The number of carbonyl (C=O) groups is 1. The summed E-state index contributed by atoms with van der Waals surface area (Å²) >= 11 is 0. The zero-order valence-electron chi connectivity index (χ0n) is 7.29. The van der Waals surface area contributed by atoms with Gasteiger partial charge in [-0.1, -0.05) is 6.92 Å². The van der Waals surface area contributed by atoms with Gasteiger partial charge in [0, 0.05) is 0 Å². The van der Waals surface area contributed by atoms with E-state index in [0.717, 1.165) is 6.42 Å². The van der Waals surface area contributed by atoms with Crippen LogP contribution in [0.4, 0.5) is 0 Å². The minimum atomic E-state index is -1.41. The molecule has 0 rings (SSSR count). The van der Waals surface area contributed by atoms with Crippen LogP contribution >= 0.6 is 0 Å². The second-order valence-electron chi connectivity index (χ2n) is 1.69. The van der Waals surface area contributed by atoms with Gasteiger partial charge in [-0.15, -0.1) is 0 Å². The number of aliphatic carboxylic acids is 1. The third-order valence-electron chi connectivity index (χ3n) is 0.822. The molecule has 1 unspecified atom stereocenters. The number of nitrogens with one attached hydrogen (secondary N) is 1. The van der Waals surface area contributed by atoms with E-state index in [4.69, 9.17) is 10.2 Å². The SMILES string of the molecule is CCCNC(O)C(=O)O.[H-].[Na+]. The molecular formula is C5H12NNaO3. The first kappa shape index (κ1) is 13.0. The predicted molar refractivity (Wildman–Crippen MR) is 33.0 cm³/mol. The van der Waals surface area contributed by atoms with Gasteiger partial charge in [0.25, 0.3) is 0 Å². The Morgan fingerprint density at radius 2 is 2.30 bits per heavy atom. The van der Waals surface area contributed by atoms with Crippen LogP contribution in [0.5, 0.6) is 0 Å². The van der Waals surface area contributed by atoms with E-state index < -0.39 is 12.2 Å². The molecule has 0 fully saturated rings. The van der Waals surface area contributed by atoms with Crippen molar-refractivity contribution in [1.82, 2.24) is 5.32 Å². The Balaban J connectivity index is -0.000000320. The van der Waals surface area contributed by atoms with Gasteiger partial charge < -0.3 is 11.6 Å². The predicted octanol–water partition coefficient (Wildman–Crippen LogP) is -3.49. The van der Waals surface area contributed by atoms with Crippen LogP contribution in [0, 0.1) is 0 Å². The third kappa shape index (κ3) is 6.51. The summed E-state index contributed by atoms with van der Waals surface area (Å²) in [4.78, 5) is 9.89. The Morgan fingerprint density at radius 3 is 2.60 bits per heavy atom. The molecule has 5 heteroatoms. The molecule has 10 heavy (non-hydrogen) atoms. The van der Waals surface area contributed by atoms with Crippen LogP contribution < -0.4 is 34.9 Å². The summed E-state index contributed by atoms with van der Waals surface area (Å²) in [5, 5.41) is 19.0. The molecule has 0 heterocycles. The van der Waals surface area contributed by atoms with Crippen LogP contribution in [0.3, 0.4) is 0 Å². The van der Waals surface area contributed by atoms with Crippen molar-refractivity contribution in [2.24, 2.45) is 0 Å². The van der Waals surface area contributed by atoms with Crippen molar-refractivity contribution in [1.29, 1.82) is 0 Å². The number of aliphatic hydroxyl groups is 1. The van der Waals surface area contributed by atoms with Crippen molar-refractivity contribution in [3.05, 3.63) is 0 Å². The molecule has 0 saturated heterocycles. The fourth-order valence-electron chi connectivity index (χ4n) is 0.368. The van der Waals surface area contributed by atoms with Gasteiger partial charge in [0.05, 0.1) is 0 Å². The number of rotatable bonds is 4. The summed E-state index contributed by atoms with van der Waals surface area (Å²) in [5.41, 5.74) is 0. The molecule has 0 aliphatic carbocycles. The zero-order chi connectivity index (χ0) is 7.28. The standard InChI is InChI=1S/C5H11NO3.Na.H/c1-2-3-6-4(7)5(8)9;;/h4,6-7H,2-3H2,1H3,(H,8,9);;/q;+1;-1. The van der Waals surface area contributed by atoms with E-state index >= 15 is 0 Å². The second kappa shape index (κ2) is 7.50. The van der Waals surface area contributed by atoms with Crippen LogP contribution in [0.25, 0.3) is 0 Å². The van der Waals surface area contributed by atoms with Gasteiger partial charge in [0.1, 0.15) is 0 Å². The molecule has 0 aliphatic heterocycles. The fraction of sp³-hybridized carbons (Fsp3) is 0.800. The fourth-order valence-corrected chi connectivity index (χ4v) is 0.368. The van der Waals surface area contributed by atoms with Gasteiger partial charge in [-0.2, -0.15) is 0 Å². The summed E-state index contributed by atoms with van der Waals surface area (Å²) in [6, 6.07) is 0. The summed E-state index contributed by atoms with van der Waals surface area (Å²) in [7, 11) is 0. The van der Waals surface area contributed by atoms with Crippen molar-refractivity contribution in [2.75, 3.05) is 6.54 Å². The van der Waals surface area contributed by atoms with Gasteiger partial charge >= 0.3 is 35.5 Å². The Kier molecular flexibility index (Phi) is 9.76. The van der Waals surface area contributed by atoms with Crippen LogP contribution in [0.1, 0.15) is 14.8 Å². The largest absolute Gasteiger partial charge is 1.00 e. The van der Waals surface area contributed by atoms with Crippen molar-refractivity contribution in [3.63, 3.8) is 0 Å². The van der Waals surface area contributed by atoms with Crippen molar-refractivity contribution in [3.8, 4) is 0 Å². The average Bonchev–Trinajstić information content (AvgIpc) is 1.82. The van der Waals surface area contributed by atoms with Crippen LogP contribution in [-0.4, -0.2) is 29.0 Å². The molecule has 1 atom stereocenters. The Hall–Kier alpha value is 0.390. The van der Waals surface area contributed by atoms with E-state index in [1.807, 2.05) is 6.92 Å². The van der Waals surface area contributed by atoms with Gasteiger partial charge in [-0.3, -0.25) is 5.32 Å². The normalized spacial score (nSPS) is 11.8. The zero-order valence-corrected chi connectivity index (χ0v) is 8.29. The molecule has 0 aliphatic rings. The van der Waals surface area contributed by atoms with Gasteiger partial charge in [-0.25, -0.2) is 4.79 Å². The molecule has 0 amide bonds. The Labute approximate surface area is 83.4 Å². The molecule has 56 valence electrons. The summed E-state index contributed by atoms with van der Waals surface area (Å²) in [6.07, 6.45) is -0.602. The number of hydrogen-bond donors (Lipinski definition) is 3. The maximum absolute atomic E-state index is 9.89. The first-order valence-electron chi connectivity index (χ1n) is 2.82. The van der Waals surface area contributed by atoms with Crippen molar-refractivity contribution < 1.29 is 46.0 Å². The first-order chi connectivity index (χ1) is 4.18. The van der Waals surface area contributed by atoms with Crippen LogP contribution in [0.15, 0.2) is 0 Å². The number of carboxylic acids is 1. The van der Waals surface area contributed by atoms with E-state index in [2.05, 4.69) is 5.32 Å². The monoisotopic (exact) mass is 157 g/mol. The minimum absolute atomic E-state index is 0. The second-order valence-corrected chi connectivity index (χ2v) is 1.69. The molecule has 3 N–H and O–H groups in total. The number of hydrogen-bond acceptors (Lipinski definition) is 3.